The molecule has 0 bridgehead atoms. The van der Waals surface area contributed by atoms with Crippen molar-refractivity contribution in [2.24, 2.45) is 0 Å². The molecule has 0 aliphatic rings. The summed E-state index contributed by atoms with van der Waals surface area (Å²) in [5, 5.41) is 0. The zero-order chi connectivity index (χ0) is 23.9. The van der Waals surface area contributed by atoms with Crippen LogP contribution in [0.15, 0.2) is 54.7 Å². The summed E-state index contributed by atoms with van der Waals surface area (Å²) in [6.07, 6.45) is 13.9. The molecule has 1 heterocycles. The monoisotopic (exact) mass is 451 g/mol. The standard InChI is InChI=1S/C28H37NO4/c1-4-6-7-8-9-10-11-12-28(31)33-25-19-20-26(29-21-25)24-17-15-23(16-18-24)14-13-22(3)32-27(30)5-2/h11-12,15-22H,4-10,13-14H2,1-3H3/b12-11+. The van der Waals surface area contributed by atoms with E-state index >= 15 is 0 Å². The van der Waals surface area contributed by atoms with E-state index < -0.39 is 0 Å². The number of ether oxygens (including phenoxy) is 2. The van der Waals surface area contributed by atoms with Gasteiger partial charge in [-0.3, -0.25) is 9.78 Å². The maximum atomic E-state index is 12.0. The van der Waals surface area contributed by atoms with Crippen LogP contribution in [-0.2, 0) is 20.7 Å². The van der Waals surface area contributed by atoms with Crippen LogP contribution in [0.25, 0.3) is 11.3 Å². The minimum Gasteiger partial charge on any atom is -0.463 e. The van der Waals surface area contributed by atoms with Crippen molar-refractivity contribution in [1.82, 2.24) is 4.98 Å². The van der Waals surface area contributed by atoms with E-state index in [4.69, 9.17) is 9.47 Å². The molecule has 0 saturated heterocycles. The van der Waals surface area contributed by atoms with Crippen LogP contribution in [0.1, 0.15) is 77.7 Å². The van der Waals surface area contributed by atoms with Gasteiger partial charge in [-0.15, -0.1) is 0 Å². The lowest BCUT2D eigenvalue weighted by Crippen LogP contribution is -2.14. The number of rotatable bonds is 14. The number of benzene rings is 1. The van der Waals surface area contributed by atoms with Gasteiger partial charge in [-0.1, -0.05) is 69.9 Å². The molecule has 0 spiro atoms. The second kappa shape index (κ2) is 15.0. The number of esters is 2. The summed E-state index contributed by atoms with van der Waals surface area (Å²) in [5.74, 6) is -0.100. The molecule has 1 atom stereocenters. The van der Waals surface area contributed by atoms with Crippen molar-refractivity contribution in [3.05, 3.63) is 60.3 Å². The normalized spacial score (nSPS) is 12.0. The fourth-order valence-corrected chi connectivity index (χ4v) is 3.39. The van der Waals surface area contributed by atoms with Gasteiger partial charge < -0.3 is 9.47 Å². The molecule has 0 aliphatic heterocycles. The molecule has 33 heavy (non-hydrogen) atoms. The van der Waals surface area contributed by atoms with E-state index in [1.165, 1.54) is 37.3 Å². The minimum atomic E-state index is -0.374. The molecule has 5 heteroatoms. The number of pyridine rings is 1. The van der Waals surface area contributed by atoms with Gasteiger partial charge in [-0.05, 0) is 50.3 Å². The Hall–Kier alpha value is -2.95. The molecule has 0 saturated carbocycles. The van der Waals surface area contributed by atoms with Crippen LogP contribution >= 0.6 is 0 Å². The molecule has 0 aliphatic carbocycles. The first-order valence-electron chi connectivity index (χ1n) is 12.1. The van der Waals surface area contributed by atoms with E-state index in [1.54, 1.807) is 19.2 Å². The lowest BCUT2D eigenvalue weighted by molar-refractivity contribution is -0.148. The Balaban J connectivity index is 1.78. The number of hydrogen-bond acceptors (Lipinski definition) is 5. The number of carbonyl (C=O) groups excluding carboxylic acids is 2. The zero-order valence-corrected chi connectivity index (χ0v) is 20.2. The summed E-state index contributed by atoms with van der Waals surface area (Å²) in [4.78, 5) is 27.7. The number of unbranched alkanes of at least 4 members (excludes halogenated alkanes) is 5. The number of allylic oxidation sites excluding steroid dienone is 1. The lowest BCUT2D eigenvalue weighted by atomic mass is 10.0. The van der Waals surface area contributed by atoms with Crippen molar-refractivity contribution >= 4 is 11.9 Å². The molecule has 0 fully saturated rings. The lowest BCUT2D eigenvalue weighted by Gasteiger charge is -2.12. The smallest absolute Gasteiger partial charge is 0.335 e. The third-order valence-corrected chi connectivity index (χ3v) is 5.39. The first-order chi connectivity index (χ1) is 16.0. The molecule has 2 aromatic rings. The Labute approximate surface area is 198 Å². The van der Waals surface area contributed by atoms with Gasteiger partial charge in [-0.2, -0.15) is 0 Å². The Morgan fingerprint density at radius 3 is 2.42 bits per heavy atom. The third kappa shape index (κ3) is 10.5. The van der Waals surface area contributed by atoms with Gasteiger partial charge in [0.2, 0.25) is 0 Å². The number of aryl methyl sites for hydroxylation is 1. The predicted octanol–water partition coefficient (Wildman–Crippen LogP) is 6.85. The first-order valence-corrected chi connectivity index (χ1v) is 12.1. The molecule has 5 nitrogen and oxygen atoms in total. The molecule has 0 radical (unpaired) electrons. The van der Waals surface area contributed by atoms with E-state index in [-0.39, 0.29) is 18.0 Å². The van der Waals surface area contributed by atoms with Gasteiger partial charge in [0.1, 0.15) is 5.75 Å². The average molecular weight is 452 g/mol. The Kier molecular flexibility index (Phi) is 11.9. The van der Waals surface area contributed by atoms with Crippen LogP contribution < -0.4 is 4.74 Å². The SMILES string of the molecule is CCCCCCC/C=C/C(=O)Oc1ccc(-c2ccc(CCC(C)OC(=O)CC)cc2)nc1. The molecule has 1 aromatic carbocycles. The zero-order valence-electron chi connectivity index (χ0n) is 20.2. The summed E-state index contributed by atoms with van der Waals surface area (Å²) < 4.78 is 10.6. The molecule has 1 aromatic heterocycles. The molecule has 1 unspecified atom stereocenters. The Morgan fingerprint density at radius 1 is 1.00 bits per heavy atom. The summed E-state index contributed by atoms with van der Waals surface area (Å²) in [5.41, 5.74) is 2.99. The third-order valence-electron chi connectivity index (χ3n) is 5.39. The highest BCUT2D eigenvalue weighted by Crippen LogP contribution is 2.21. The largest absolute Gasteiger partial charge is 0.463 e. The van der Waals surface area contributed by atoms with Crippen molar-refractivity contribution in [2.75, 3.05) is 0 Å². The van der Waals surface area contributed by atoms with Crippen LogP contribution in [0, 0.1) is 0 Å². The number of carbonyl (C=O) groups is 2. The van der Waals surface area contributed by atoms with Crippen molar-refractivity contribution in [3.63, 3.8) is 0 Å². The second-order valence-corrected chi connectivity index (χ2v) is 8.30. The van der Waals surface area contributed by atoms with Gasteiger partial charge in [-0.25, -0.2) is 4.79 Å². The fourth-order valence-electron chi connectivity index (χ4n) is 3.39. The Bertz CT molecular complexity index is 872. The van der Waals surface area contributed by atoms with E-state index in [9.17, 15) is 9.59 Å². The number of hydrogen-bond donors (Lipinski definition) is 0. The van der Waals surface area contributed by atoms with Crippen LogP contribution in [0.4, 0.5) is 0 Å². The summed E-state index contributed by atoms with van der Waals surface area (Å²) in [6, 6.07) is 11.8. The van der Waals surface area contributed by atoms with E-state index in [2.05, 4.69) is 24.0 Å². The summed E-state index contributed by atoms with van der Waals surface area (Å²) >= 11 is 0. The maximum Gasteiger partial charge on any atom is 0.335 e. The van der Waals surface area contributed by atoms with Crippen LogP contribution in [-0.4, -0.2) is 23.0 Å². The van der Waals surface area contributed by atoms with E-state index in [0.717, 1.165) is 36.9 Å². The van der Waals surface area contributed by atoms with E-state index in [0.29, 0.717) is 12.2 Å². The molecule has 0 N–H and O–H groups in total. The van der Waals surface area contributed by atoms with Crippen molar-refractivity contribution in [1.29, 1.82) is 0 Å². The minimum absolute atomic E-state index is 0.0883. The first kappa shape index (κ1) is 26.3. The molecule has 2 rings (SSSR count). The van der Waals surface area contributed by atoms with Crippen molar-refractivity contribution < 1.29 is 19.1 Å². The topological polar surface area (TPSA) is 65.5 Å². The molecular formula is C28H37NO4. The molecule has 0 amide bonds. The van der Waals surface area contributed by atoms with Crippen molar-refractivity contribution in [2.45, 2.75) is 84.7 Å². The van der Waals surface area contributed by atoms with Gasteiger partial charge in [0.05, 0.1) is 18.0 Å². The van der Waals surface area contributed by atoms with Gasteiger partial charge >= 0.3 is 11.9 Å². The summed E-state index contributed by atoms with van der Waals surface area (Å²) in [6.45, 7) is 5.92. The second-order valence-electron chi connectivity index (χ2n) is 8.30. The highest BCUT2D eigenvalue weighted by atomic mass is 16.5. The number of aromatic nitrogens is 1. The summed E-state index contributed by atoms with van der Waals surface area (Å²) in [7, 11) is 0. The van der Waals surface area contributed by atoms with Gasteiger partial charge in [0.15, 0.2) is 0 Å². The van der Waals surface area contributed by atoms with Crippen molar-refractivity contribution in [3.8, 4) is 17.0 Å². The quantitative estimate of drug-likeness (QED) is 0.179. The van der Waals surface area contributed by atoms with Gasteiger partial charge in [0.25, 0.3) is 0 Å². The van der Waals surface area contributed by atoms with Gasteiger partial charge in [0, 0.05) is 18.1 Å². The fraction of sp³-hybridized carbons (Fsp3) is 0.464. The predicted molar refractivity (Wildman–Crippen MR) is 132 cm³/mol. The van der Waals surface area contributed by atoms with Crippen LogP contribution in [0.3, 0.4) is 0 Å². The highest BCUT2D eigenvalue weighted by Gasteiger charge is 2.08. The average Bonchev–Trinajstić information content (AvgIpc) is 2.83. The Morgan fingerprint density at radius 2 is 1.76 bits per heavy atom. The molecular weight excluding hydrogens is 414 g/mol. The van der Waals surface area contributed by atoms with E-state index in [1.807, 2.05) is 31.2 Å². The van der Waals surface area contributed by atoms with Crippen LogP contribution in [0.5, 0.6) is 5.75 Å². The number of nitrogens with zero attached hydrogens (tertiary/aromatic N) is 1. The van der Waals surface area contributed by atoms with Crippen LogP contribution in [0.2, 0.25) is 0 Å². The highest BCUT2D eigenvalue weighted by molar-refractivity contribution is 5.84. The maximum absolute atomic E-state index is 12.0. The molecule has 178 valence electrons.